The Kier molecular flexibility index (Phi) is 7.36. The van der Waals surface area contributed by atoms with Crippen molar-refractivity contribution in [1.29, 1.82) is 0 Å². The standard InChI is InChI=1S/C28H30ClN3O4S.3H2/c29-22-12-10-21(11-13-22)28(16-1-2-17-28)27(34)31-26-7-3-6-25(30-26)20-8-14-24(15-9-20)37(35,36)32-18-4-5-23(32)19-33;;;/h3,6-15,23,33H,1-2,4-5,16-19H2,(H,30,31,34);3*1H/t23-;;;/m1.../s1. The third kappa shape index (κ3) is 5.03. The van der Waals surface area contributed by atoms with Crippen molar-refractivity contribution in [1.82, 2.24) is 9.29 Å². The Bertz CT molecular complexity index is 1390. The number of carbonyl (C=O) groups is 1. The van der Waals surface area contributed by atoms with E-state index >= 15 is 0 Å². The smallest absolute Gasteiger partial charge is 0.243 e. The highest BCUT2D eigenvalue weighted by Crippen LogP contribution is 2.42. The molecular formula is C28H36ClN3O4S. The second-order valence-electron chi connectivity index (χ2n) is 9.78. The lowest BCUT2D eigenvalue weighted by Crippen LogP contribution is -2.38. The number of pyridine rings is 1. The number of halogens is 1. The molecule has 37 heavy (non-hydrogen) atoms. The zero-order chi connectivity index (χ0) is 26.0. The van der Waals surface area contributed by atoms with Gasteiger partial charge in [-0.05, 0) is 67.6 Å². The fraction of sp³-hybridized carbons (Fsp3) is 0.357. The number of rotatable bonds is 7. The van der Waals surface area contributed by atoms with Crippen molar-refractivity contribution in [2.45, 2.75) is 54.9 Å². The molecule has 9 heteroatoms. The predicted molar refractivity (Wildman–Crippen MR) is 150 cm³/mol. The number of aliphatic hydroxyl groups is 1. The van der Waals surface area contributed by atoms with Gasteiger partial charge in [0, 0.05) is 27.5 Å². The number of hydrogen-bond donors (Lipinski definition) is 2. The van der Waals surface area contributed by atoms with Gasteiger partial charge in [0.2, 0.25) is 15.9 Å². The molecule has 0 spiro atoms. The maximum absolute atomic E-state index is 13.5. The lowest BCUT2D eigenvalue weighted by Gasteiger charge is -2.28. The average molecular weight is 546 g/mol. The number of sulfonamides is 1. The van der Waals surface area contributed by atoms with Crippen LogP contribution in [-0.2, 0) is 20.2 Å². The average Bonchev–Trinajstić information content (AvgIpc) is 3.60. The minimum absolute atomic E-state index is 0. The van der Waals surface area contributed by atoms with Gasteiger partial charge in [-0.15, -0.1) is 0 Å². The number of aromatic nitrogens is 1. The van der Waals surface area contributed by atoms with Gasteiger partial charge in [0.1, 0.15) is 5.82 Å². The second-order valence-corrected chi connectivity index (χ2v) is 12.1. The summed E-state index contributed by atoms with van der Waals surface area (Å²) in [5, 5.41) is 13.2. The van der Waals surface area contributed by atoms with Crippen molar-refractivity contribution in [3.63, 3.8) is 0 Å². The Balaban J connectivity index is 0.00000187. The van der Waals surface area contributed by atoms with E-state index in [2.05, 4.69) is 10.3 Å². The van der Waals surface area contributed by atoms with E-state index in [1.54, 1.807) is 30.3 Å². The molecule has 1 atom stereocenters. The molecule has 1 aliphatic carbocycles. The summed E-state index contributed by atoms with van der Waals surface area (Å²) in [6.45, 7) is 0.231. The van der Waals surface area contributed by atoms with Crippen LogP contribution < -0.4 is 5.32 Å². The quantitative estimate of drug-likeness (QED) is 0.394. The molecule has 2 fully saturated rings. The monoisotopic (exact) mass is 545 g/mol. The summed E-state index contributed by atoms with van der Waals surface area (Å²) in [5.41, 5.74) is 1.72. The number of carbonyl (C=O) groups excluding carboxylic acids is 1. The second kappa shape index (κ2) is 10.5. The van der Waals surface area contributed by atoms with E-state index in [0.29, 0.717) is 29.5 Å². The topological polar surface area (TPSA) is 99.6 Å². The minimum atomic E-state index is -3.68. The Morgan fingerprint density at radius 3 is 2.43 bits per heavy atom. The zero-order valence-electron chi connectivity index (χ0n) is 20.4. The molecule has 0 radical (unpaired) electrons. The summed E-state index contributed by atoms with van der Waals surface area (Å²) in [6, 6.07) is 19.1. The number of nitrogens with zero attached hydrogens (tertiary/aromatic N) is 2. The number of nitrogens with one attached hydrogen (secondary N) is 1. The predicted octanol–water partition coefficient (Wildman–Crippen LogP) is 5.74. The number of aliphatic hydroxyl groups excluding tert-OH is 1. The van der Waals surface area contributed by atoms with Gasteiger partial charge in [-0.2, -0.15) is 4.31 Å². The zero-order valence-corrected chi connectivity index (χ0v) is 22.0. The first-order chi connectivity index (χ1) is 17.8. The number of amides is 1. The van der Waals surface area contributed by atoms with Crippen LogP contribution in [0.3, 0.4) is 0 Å². The SMILES string of the molecule is O=C(Nc1cccc(-c2ccc(S(=O)(=O)N3CCC[C@@H]3CO)cc2)n1)C1(c2ccc(Cl)cc2)CCCC1.[HH].[HH].[HH]. The van der Waals surface area contributed by atoms with E-state index < -0.39 is 15.4 Å². The molecule has 1 amide bonds. The van der Waals surface area contributed by atoms with Gasteiger partial charge in [0.15, 0.2) is 0 Å². The molecule has 5 rings (SSSR count). The summed E-state index contributed by atoms with van der Waals surface area (Å²) in [4.78, 5) is 18.4. The van der Waals surface area contributed by atoms with E-state index in [1.165, 1.54) is 4.31 Å². The molecule has 1 aromatic heterocycles. The van der Waals surface area contributed by atoms with Crippen LogP contribution in [0.5, 0.6) is 0 Å². The number of anilines is 1. The Morgan fingerprint density at radius 2 is 1.76 bits per heavy atom. The van der Waals surface area contributed by atoms with E-state index in [-0.39, 0.29) is 27.7 Å². The highest BCUT2D eigenvalue weighted by Gasteiger charge is 2.43. The molecule has 2 aromatic carbocycles. The van der Waals surface area contributed by atoms with Crippen LogP contribution in [0.2, 0.25) is 5.02 Å². The highest BCUT2D eigenvalue weighted by atomic mass is 35.5. The van der Waals surface area contributed by atoms with E-state index in [4.69, 9.17) is 11.6 Å². The van der Waals surface area contributed by atoms with Crippen LogP contribution in [0, 0.1) is 0 Å². The van der Waals surface area contributed by atoms with Crippen LogP contribution in [0.25, 0.3) is 11.3 Å². The van der Waals surface area contributed by atoms with E-state index in [0.717, 1.165) is 43.2 Å². The maximum Gasteiger partial charge on any atom is 0.243 e. The van der Waals surface area contributed by atoms with E-state index in [9.17, 15) is 18.3 Å². The highest BCUT2D eigenvalue weighted by molar-refractivity contribution is 7.89. The molecular weight excluding hydrogens is 510 g/mol. The first kappa shape index (κ1) is 25.9. The fourth-order valence-electron chi connectivity index (χ4n) is 5.54. The first-order valence-electron chi connectivity index (χ1n) is 12.6. The van der Waals surface area contributed by atoms with Crippen molar-refractivity contribution < 1.29 is 22.6 Å². The van der Waals surface area contributed by atoms with Gasteiger partial charge in [-0.25, -0.2) is 13.4 Å². The van der Waals surface area contributed by atoms with Crippen LogP contribution in [0.15, 0.2) is 71.6 Å². The number of benzene rings is 2. The molecule has 0 unspecified atom stereocenters. The van der Waals surface area contributed by atoms with Crippen molar-refractivity contribution >= 4 is 33.3 Å². The van der Waals surface area contributed by atoms with Gasteiger partial charge >= 0.3 is 0 Å². The number of hydrogen-bond acceptors (Lipinski definition) is 5. The molecule has 2 heterocycles. The summed E-state index contributed by atoms with van der Waals surface area (Å²) in [6.07, 6.45) is 4.90. The summed E-state index contributed by atoms with van der Waals surface area (Å²) < 4.78 is 27.5. The van der Waals surface area contributed by atoms with Crippen LogP contribution in [0.4, 0.5) is 5.82 Å². The molecule has 0 bridgehead atoms. The maximum atomic E-state index is 13.5. The Labute approximate surface area is 227 Å². The van der Waals surface area contributed by atoms with Gasteiger partial charge in [-0.3, -0.25) is 4.79 Å². The fourth-order valence-corrected chi connectivity index (χ4v) is 7.35. The molecule has 2 N–H and O–H groups in total. The van der Waals surface area contributed by atoms with E-state index in [1.807, 2.05) is 36.4 Å². The molecule has 200 valence electrons. The van der Waals surface area contributed by atoms with Crippen molar-refractivity contribution in [2.75, 3.05) is 18.5 Å². The third-order valence-electron chi connectivity index (χ3n) is 7.57. The van der Waals surface area contributed by atoms with Crippen LogP contribution >= 0.6 is 11.6 Å². The van der Waals surface area contributed by atoms with Gasteiger partial charge in [0.05, 0.1) is 22.6 Å². The van der Waals surface area contributed by atoms with Crippen LogP contribution in [-0.4, -0.2) is 47.9 Å². The third-order valence-corrected chi connectivity index (χ3v) is 9.79. The lowest BCUT2D eigenvalue weighted by molar-refractivity contribution is -0.121. The van der Waals surface area contributed by atoms with Crippen molar-refractivity contribution in [3.05, 3.63) is 77.3 Å². The molecule has 2 aliphatic rings. The summed E-state index contributed by atoms with van der Waals surface area (Å²) >= 11 is 6.07. The normalized spacial score (nSPS) is 19.7. The van der Waals surface area contributed by atoms with Gasteiger partial charge in [0.25, 0.3) is 0 Å². The molecule has 1 saturated heterocycles. The lowest BCUT2D eigenvalue weighted by atomic mass is 9.78. The van der Waals surface area contributed by atoms with Gasteiger partial charge in [-0.1, -0.05) is 54.8 Å². The largest absolute Gasteiger partial charge is 0.395 e. The first-order valence-corrected chi connectivity index (χ1v) is 14.4. The minimum Gasteiger partial charge on any atom is -0.395 e. The van der Waals surface area contributed by atoms with Crippen molar-refractivity contribution in [3.8, 4) is 11.3 Å². The molecule has 1 aliphatic heterocycles. The summed E-state index contributed by atoms with van der Waals surface area (Å²) in [7, 11) is -3.68. The molecule has 3 aromatic rings. The van der Waals surface area contributed by atoms with Crippen molar-refractivity contribution in [2.24, 2.45) is 0 Å². The molecule has 7 nitrogen and oxygen atoms in total. The van der Waals surface area contributed by atoms with Gasteiger partial charge < -0.3 is 10.4 Å². The Morgan fingerprint density at radius 1 is 1.05 bits per heavy atom. The Hall–Kier alpha value is -2.78. The van der Waals surface area contributed by atoms with Crippen LogP contribution in [0.1, 0.15) is 48.4 Å². The summed E-state index contributed by atoms with van der Waals surface area (Å²) in [5.74, 6) is 0.366. The molecule has 1 saturated carbocycles.